The zero-order chi connectivity index (χ0) is 10.9. The lowest BCUT2D eigenvalue weighted by Crippen LogP contribution is -2.08. The number of benzene rings is 1. The first-order valence-corrected chi connectivity index (χ1v) is 5.85. The minimum atomic E-state index is -0.790. The molecule has 0 spiro atoms. The Labute approximate surface area is 99.6 Å². The molecule has 1 aromatic rings. The van der Waals surface area contributed by atoms with Crippen molar-refractivity contribution in [2.24, 2.45) is 5.92 Å². The zero-order valence-electron chi connectivity index (χ0n) is 7.89. The average Bonchev–Trinajstić information content (AvgIpc) is 2.12. The maximum atomic E-state index is 13.4. The highest BCUT2D eigenvalue weighted by Gasteiger charge is 2.20. The third-order valence-electron chi connectivity index (χ3n) is 2.01. The lowest BCUT2D eigenvalue weighted by Gasteiger charge is -2.17. The molecule has 1 nitrogen and oxygen atoms in total. The van der Waals surface area contributed by atoms with Crippen LogP contribution in [0.3, 0.4) is 0 Å². The Hall–Kier alpha value is 0.0700. The van der Waals surface area contributed by atoms with Crippen molar-refractivity contribution >= 4 is 31.9 Å². The fraction of sp³-hybridized carbons (Fsp3) is 0.400. The molecule has 0 bridgehead atoms. The molecule has 0 saturated heterocycles. The standard InChI is InChI=1S/C10H11Br2FO/c1-5(2)10(14)8-7(13)4-3-6(11)9(8)12/h3-5,10,14H,1-2H3. The number of aliphatic hydroxyl groups excluding tert-OH is 1. The van der Waals surface area contributed by atoms with Crippen molar-refractivity contribution in [3.05, 3.63) is 32.5 Å². The summed E-state index contributed by atoms with van der Waals surface area (Å²) in [7, 11) is 0. The highest BCUT2D eigenvalue weighted by Crippen LogP contribution is 2.35. The fourth-order valence-corrected chi connectivity index (χ4v) is 2.05. The molecule has 0 fully saturated rings. The summed E-state index contributed by atoms with van der Waals surface area (Å²) in [5, 5.41) is 9.79. The van der Waals surface area contributed by atoms with E-state index < -0.39 is 6.10 Å². The van der Waals surface area contributed by atoms with Crippen molar-refractivity contribution in [2.45, 2.75) is 20.0 Å². The van der Waals surface area contributed by atoms with Gasteiger partial charge in [-0.2, -0.15) is 0 Å². The molecule has 0 saturated carbocycles. The van der Waals surface area contributed by atoms with Crippen LogP contribution in [0.5, 0.6) is 0 Å². The summed E-state index contributed by atoms with van der Waals surface area (Å²) in [6.45, 7) is 3.69. The zero-order valence-corrected chi connectivity index (χ0v) is 11.1. The first kappa shape index (κ1) is 12.1. The molecule has 0 aliphatic rings. The second-order valence-corrected chi connectivity index (χ2v) is 5.09. The Bertz CT molecular complexity index is 339. The van der Waals surface area contributed by atoms with Gasteiger partial charge < -0.3 is 5.11 Å². The van der Waals surface area contributed by atoms with Crippen molar-refractivity contribution in [1.82, 2.24) is 0 Å². The second kappa shape index (κ2) is 4.73. The van der Waals surface area contributed by atoms with Crippen LogP contribution in [0, 0.1) is 11.7 Å². The highest BCUT2D eigenvalue weighted by molar-refractivity contribution is 9.13. The Kier molecular flexibility index (Phi) is 4.10. The number of hydrogen-bond acceptors (Lipinski definition) is 1. The van der Waals surface area contributed by atoms with Crippen LogP contribution < -0.4 is 0 Å². The first-order valence-electron chi connectivity index (χ1n) is 4.26. The molecule has 0 aliphatic carbocycles. The minimum absolute atomic E-state index is 0.0184. The minimum Gasteiger partial charge on any atom is -0.388 e. The van der Waals surface area contributed by atoms with E-state index in [2.05, 4.69) is 31.9 Å². The van der Waals surface area contributed by atoms with Gasteiger partial charge in [0.2, 0.25) is 0 Å². The molecule has 14 heavy (non-hydrogen) atoms. The quantitative estimate of drug-likeness (QED) is 0.814. The smallest absolute Gasteiger partial charge is 0.130 e. The van der Waals surface area contributed by atoms with Gasteiger partial charge in [0, 0.05) is 14.5 Å². The van der Waals surface area contributed by atoms with Crippen LogP contribution in [-0.2, 0) is 0 Å². The molecule has 1 N–H and O–H groups in total. The second-order valence-electron chi connectivity index (χ2n) is 3.45. The van der Waals surface area contributed by atoms with Gasteiger partial charge in [-0.3, -0.25) is 0 Å². The van der Waals surface area contributed by atoms with Gasteiger partial charge in [-0.15, -0.1) is 0 Å². The normalized spacial score (nSPS) is 13.4. The molecule has 78 valence electrons. The maximum absolute atomic E-state index is 13.4. The largest absolute Gasteiger partial charge is 0.388 e. The van der Waals surface area contributed by atoms with E-state index in [9.17, 15) is 9.50 Å². The lowest BCUT2D eigenvalue weighted by atomic mass is 9.99. The summed E-state index contributed by atoms with van der Waals surface area (Å²) >= 11 is 6.53. The van der Waals surface area contributed by atoms with Crippen molar-refractivity contribution in [2.75, 3.05) is 0 Å². The summed E-state index contributed by atoms with van der Waals surface area (Å²) < 4.78 is 14.8. The van der Waals surface area contributed by atoms with Gasteiger partial charge in [0.15, 0.2) is 0 Å². The van der Waals surface area contributed by atoms with Crippen molar-refractivity contribution in [3.8, 4) is 0 Å². The third kappa shape index (κ3) is 2.35. The Morgan fingerprint density at radius 3 is 2.36 bits per heavy atom. The summed E-state index contributed by atoms with van der Waals surface area (Å²) in [6, 6.07) is 2.95. The van der Waals surface area contributed by atoms with Gasteiger partial charge in [0.25, 0.3) is 0 Å². The van der Waals surface area contributed by atoms with E-state index in [1.807, 2.05) is 13.8 Å². The lowest BCUT2D eigenvalue weighted by molar-refractivity contribution is 0.122. The summed E-state index contributed by atoms with van der Waals surface area (Å²) in [5.74, 6) is -0.406. The topological polar surface area (TPSA) is 20.2 Å². The van der Waals surface area contributed by atoms with E-state index >= 15 is 0 Å². The van der Waals surface area contributed by atoms with Crippen LogP contribution in [0.15, 0.2) is 21.1 Å². The predicted octanol–water partition coefficient (Wildman–Crippen LogP) is 4.04. The van der Waals surface area contributed by atoms with Gasteiger partial charge in [-0.1, -0.05) is 13.8 Å². The molecular weight excluding hydrogens is 315 g/mol. The van der Waals surface area contributed by atoms with E-state index in [0.29, 0.717) is 10.0 Å². The van der Waals surface area contributed by atoms with Gasteiger partial charge in [-0.25, -0.2) is 4.39 Å². The van der Waals surface area contributed by atoms with Crippen LogP contribution in [0.1, 0.15) is 25.5 Å². The van der Waals surface area contributed by atoms with E-state index in [4.69, 9.17) is 0 Å². The van der Waals surface area contributed by atoms with E-state index in [1.165, 1.54) is 6.07 Å². The van der Waals surface area contributed by atoms with Crippen LogP contribution >= 0.6 is 31.9 Å². The summed E-state index contributed by atoms with van der Waals surface area (Å²) in [6.07, 6.45) is -0.790. The summed E-state index contributed by atoms with van der Waals surface area (Å²) in [4.78, 5) is 0. The number of rotatable bonds is 2. The third-order valence-corrected chi connectivity index (χ3v) is 4.05. The van der Waals surface area contributed by atoms with E-state index in [0.717, 1.165) is 4.47 Å². The molecule has 4 heteroatoms. The Morgan fingerprint density at radius 1 is 1.29 bits per heavy atom. The molecule has 1 rings (SSSR count). The monoisotopic (exact) mass is 324 g/mol. The fourth-order valence-electron chi connectivity index (χ4n) is 1.15. The van der Waals surface area contributed by atoms with Crippen LogP contribution in [0.4, 0.5) is 4.39 Å². The van der Waals surface area contributed by atoms with Crippen molar-refractivity contribution in [3.63, 3.8) is 0 Å². The van der Waals surface area contributed by atoms with Gasteiger partial charge in [0.05, 0.1) is 6.10 Å². The predicted molar refractivity (Wildman–Crippen MR) is 61.6 cm³/mol. The van der Waals surface area contributed by atoms with Gasteiger partial charge in [0.1, 0.15) is 5.82 Å². The van der Waals surface area contributed by atoms with E-state index in [-0.39, 0.29) is 11.7 Å². The van der Waals surface area contributed by atoms with Crippen molar-refractivity contribution in [1.29, 1.82) is 0 Å². The summed E-state index contributed by atoms with van der Waals surface area (Å²) in [5.41, 5.74) is 0.314. The molecular formula is C10H11Br2FO. The van der Waals surface area contributed by atoms with Crippen molar-refractivity contribution < 1.29 is 9.50 Å². The van der Waals surface area contributed by atoms with Crippen LogP contribution in [-0.4, -0.2) is 5.11 Å². The SMILES string of the molecule is CC(C)C(O)c1c(F)ccc(Br)c1Br. The molecule has 0 aliphatic heterocycles. The molecule has 1 atom stereocenters. The molecule has 0 radical (unpaired) electrons. The Balaban J connectivity index is 3.25. The average molecular weight is 326 g/mol. The first-order chi connectivity index (χ1) is 6.45. The van der Waals surface area contributed by atoms with Gasteiger partial charge in [-0.05, 0) is 49.9 Å². The Morgan fingerprint density at radius 2 is 1.86 bits per heavy atom. The molecule has 1 unspecified atom stereocenters. The number of halogens is 3. The molecule has 0 amide bonds. The highest BCUT2D eigenvalue weighted by atomic mass is 79.9. The number of aliphatic hydroxyl groups is 1. The van der Waals surface area contributed by atoms with E-state index in [1.54, 1.807) is 6.07 Å². The van der Waals surface area contributed by atoms with Crippen LogP contribution in [0.25, 0.3) is 0 Å². The maximum Gasteiger partial charge on any atom is 0.130 e. The van der Waals surface area contributed by atoms with Gasteiger partial charge >= 0.3 is 0 Å². The van der Waals surface area contributed by atoms with Crippen LogP contribution in [0.2, 0.25) is 0 Å². The molecule has 1 aromatic carbocycles. The number of hydrogen-bond donors (Lipinski definition) is 1. The molecule has 0 heterocycles. The molecule has 0 aromatic heterocycles.